The first-order chi connectivity index (χ1) is 12.5. The maximum absolute atomic E-state index is 11.5. The van der Waals surface area contributed by atoms with Crippen LogP contribution in [0.2, 0.25) is 0 Å². The molecule has 2 heterocycles. The Morgan fingerprint density at radius 1 is 1.27 bits per heavy atom. The lowest BCUT2D eigenvalue weighted by Gasteiger charge is -2.14. The van der Waals surface area contributed by atoms with E-state index in [0.717, 1.165) is 17.4 Å². The minimum Gasteiger partial charge on any atom is -0.485 e. The highest BCUT2D eigenvalue weighted by molar-refractivity contribution is 5.85. The number of aldehydes is 1. The van der Waals surface area contributed by atoms with E-state index in [4.69, 9.17) is 4.74 Å². The van der Waals surface area contributed by atoms with Gasteiger partial charge >= 0.3 is 6.09 Å². The zero-order valence-electron chi connectivity index (χ0n) is 14.8. The van der Waals surface area contributed by atoms with Crippen molar-refractivity contribution in [2.75, 3.05) is 12.4 Å². The van der Waals surface area contributed by atoms with Crippen LogP contribution in [0, 0.1) is 13.8 Å². The first kappa shape index (κ1) is 17.5. The minimum absolute atomic E-state index is 0.230. The van der Waals surface area contributed by atoms with Gasteiger partial charge in [0.05, 0.1) is 18.5 Å². The lowest BCUT2D eigenvalue weighted by molar-refractivity contribution is 0.111. The molecule has 0 saturated carbocycles. The molecule has 1 aromatic carbocycles. The molecule has 1 N–H and O–H groups in total. The molecule has 7 heteroatoms. The number of hydrogen-bond donors (Lipinski definition) is 1. The number of pyridine rings is 1. The molecular formula is C19H19N3O4. The van der Waals surface area contributed by atoms with Gasteiger partial charge in [0.1, 0.15) is 12.3 Å². The minimum atomic E-state index is -0.543. The van der Waals surface area contributed by atoms with E-state index in [2.05, 4.69) is 15.0 Å². The summed E-state index contributed by atoms with van der Waals surface area (Å²) in [5.74, 6) is 0.552. The average Bonchev–Trinajstić information content (AvgIpc) is 2.96. The summed E-state index contributed by atoms with van der Waals surface area (Å²) in [5.41, 5.74) is 4.13. The van der Waals surface area contributed by atoms with Crippen LogP contribution < -0.4 is 10.1 Å². The Morgan fingerprint density at radius 2 is 2.08 bits per heavy atom. The van der Waals surface area contributed by atoms with E-state index in [1.54, 1.807) is 35.7 Å². The molecule has 0 saturated heterocycles. The Morgan fingerprint density at radius 3 is 2.81 bits per heavy atom. The molecule has 0 aliphatic rings. The Kier molecular flexibility index (Phi) is 4.88. The molecule has 0 atom stereocenters. The standard InChI is InChI=1S/C19H19N3O4/c1-12-6-4-7-15(21-19(24)25-3)14(12)11-26-17-8-5-9-22-16(10-23)13(2)20-18(17)22/h4-10H,11H2,1-3H3,(H,21,24). The van der Waals surface area contributed by atoms with Crippen LogP contribution in [0.4, 0.5) is 10.5 Å². The first-order valence-corrected chi connectivity index (χ1v) is 8.04. The van der Waals surface area contributed by atoms with Gasteiger partial charge in [0.25, 0.3) is 0 Å². The number of methoxy groups -OCH3 is 1. The van der Waals surface area contributed by atoms with Gasteiger partial charge < -0.3 is 9.47 Å². The summed E-state index contributed by atoms with van der Waals surface area (Å²) in [6, 6.07) is 9.16. The molecule has 26 heavy (non-hydrogen) atoms. The van der Waals surface area contributed by atoms with Crippen LogP contribution >= 0.6 is 0 Å². The smallest absolute Gasteiger partial charge is 0.411 e. The van der Waals surface area contributed by atoms with Crippen molar-refractivity contribution in [3.05, 3.63) is 59.0 Å². The van der Waals surface area contributed by atoms with Gasteiger partial charge in [-0.2, -0.15) is 0 Å². The van der Waals surface area contributed by atoms with Gasteiger partial charge in [-0.3, -0.25) is 14.5 Å². The number of carbonyl (C=O) groups excluding carboxylic acids is 2. The zero-order chi connectivity index (χ0) is 18.7. The fourth-order valence-electron chi connectivity index (χ4n) is 2.75. The number of aromatic nitrogens is 2. The predicted molar refractivity (Wildman–Crippen MR) is 96.9 cm³/mol. The number of nitrogens with zero attached hydrogens (tertiary/aromatic N) is 2. The largest absolute Gasteiger partial charge is 0.485 e. The van der Waals surface area contributed by atoms with Gasteiger partial charge in [-0.1, -0.05) is 12.1 Å². The lowest BCUT2D eigenvalue weighted by atomic mass is 10.1. The molecule has 2 aromatic heterocycles. The fourth-order valence-corrected chi connectivity index (χ4v) is 2.75. The van der Waals surface area contributed by atoms with Crippen LogP contribution in [0.15, 0.2) is 36.5 Å². The monoisotopic (exact) mass is 353 g/mol. The molecule has 7 nitrogen and oxygen atoms in total. The summed E-state index contributed by atoms with van der Waals surface area (Å²) in [7, 11) is 1.31. The van der Waals surface area contributed by atoms with Crippen molar-refractivity contribution in [1.82, 2.24) is 9.38 Å². The Labute approximate surface area is 150 Å². The molecule has 3 rings (SSSR count). The highest BCUT2D eigenvalue weighted by atomic mass is 16.5. The molecule has 3 aromatic rings. The molecule has 134 valence electrons. The predicted octanol–water partition coefficient (Wildman–Crippen LogP) is 3.52. The summed E-state index contributed by atoms with van der Waals surface area (Å²) in [5, 5.41) is 2.69. The fraction of sp³-hybridized carbons (Fsp3) is 0.211. The number of imidazole rings is 1. The summed E-state index contributed by atoms with van der Waals surface area (Å²) in [6.45, 7) is 3.94. The van der Waals surface area contributed by atoms with Gasteiger partial charge in [0.2, 0.25) is 0 Å². The third kappa shape index (κ3) is 3.23. The number of amides is 1. The second-order valence-corrected chi connectivity index (χ2v) is 5.77. The Bertz CT molecular complexity index is 978. The van der Waals surface area contributed by atoms with Crippen LogP contribution in [0.5, 0.6) is 5.75 Å². The van der Waals surface area contributed by atoms with Crippen molar-refractivity contribution in [3.8, 4) is 5.75 Å². The zero-order valence-corrected chi connectivity index (χ0v) is 14.8. The molecule has 0 aliphatic carbocycles. The van der Waals surface area contributed by atoms with E-state index in [0.29, 0.717) is 28.5 Å². The maximum Gasteiger partial charge on any atom is 0.411 e. The first-order valence-electron chi connectivity index (χ1n) is 8.04. The van der Waals surface area contributed by atoms with Crippen LogP contribution in [0.3, 0.4) is 0 Å². The third-order valence-corrected chi connectivity index (χ3v) is 4.15. The average molecular weight is 353 g/mol. The van der Waals surface area contributed by atoms with Crippen molar-refractivity contribution < 1.29 is 19.1 Å². The number of carbonyl (C=O) groups is 2. The maximum atomic E-state index is 11.5. The molecule has 0 bridgehead atoms. The number of benzene rings is 1. The second kappa shape index (κ2) is 7.26. The number of fused-ring (bicyclic) bond motifs is 1. The van der Waals surface area contributed by atoms with Gasteiger partial charge in [-0.25, -0.2) is 9.78 Å². The number of nitrogens with one attached hydrogen (secondary N) is 1. The van der Waals surface area contributed by atoms with Crippen molar-refractivity contribution in [2.24, 2.45) is 0 Å². The highest BCUT2D eigenvalue weighted by Crippen LogP contribution is 2.25. The summed E-state index contributed by atoms with van der Waals surface area (Å²) in [6.07, 6.45) is 2.00. The quantitative estimate of drug-likeness (QED) is 0.710. The summed E-state index contributed by atoms with van der Waals surface area (Å²) in [4.78, 5) is 27.2. The van der Waals surface area contributed by atoms with E-state index < -0.39 is 6.09 Å². The van der Waals surface area contributed by atoms with Crippen molar-refractivity contribution in [2.45, 2.75) is 20.5 Å². The van der Waals surface area contributed by atoms with Gasteiger partial charge in [0.15, 0.2) is 17.7 Å². The van der Waals surface area contributed by atoms with Crippen LogP contribution in [0.25, 0.3) is 5.65 Å². The summed E-state index contributed by atoms with van der Waals surface area (Å²) < 4.78 is 12.3. The van der Waals surface area contributed by atoms with Gasteiger partial charge in [-0.15, -0.1) is 0 Å². The molecular weight excluding hydrogens is 334 g/mol. The Balaban J connectivity index is 1.92. The summed E-state index contributed by atoms with van der Waals surface area (Å²) >= 11 is 0. The van der Waals surface area contributed by atoms with E-state index in [1.165, 1.54) is 7.11 Å². The van der Waals surface area contributed by atoms with Gasteiger partial charge in [0, 0.05) is 11.8 Å². The molecule has 1 amide bonds. The third-order valence-electron chi connectivity index (χ3n) is 4.15. The van der Waals surface area contributed by atoms with E-state index >= 15 is 0 Å². The van der Waals surface area contributed by atoms with Crippen molar-refractivity contribution in [1.29, 1.82) is 0 Å². The second-order valence-electron chi connectivity index (χ2n) is 5.77. The number of aryl methyl sites for hydroxylation is 2. The number of ether oxygens (including phenoxy) is 2. The van der Waals surface area contributed by atoms with Gasteiger partial charge in [-0.05, 0) is 37.6 Å². The number of rotatable bonds is 5. The van der Waals surface area contributed by atoms with Crippen LogP contribution in [0.1, 0.15) is 27.3 Å². The van der Waals surface area contributed by atoms with E-state index in [9.17, 15) is 9.59 Å². The molecule has 0 spiro atoms. The molecule has 0 fully saturated rings. The highest BCUT2D eigenvalue weighted by Gasteiger charge is 2.14. The number of anilines is 1. The molecule has 0 aliphatic heterocycles. The molecule has 0 radical (unpaired) electrons. The number of hydrogen-bond acceptors (Lipinski definition) is 5. The van der Waals surface area contributed by atoms with Crippen molar-refractivity contribution >= 4 is 23.7 Å². The Hall–Kier alpha value is -3.35. The SMILES string of the molecule is COC(=O)Nc1cccc(C)c1COc1cccn2c(C=O)c(C)nc12. The van der Waals surface area contributed by atoms with Crippen molar-refractivity contribution in [3.63, 3.8) is 0 Å². The van der Waals surface area contributed by atoms with E-state index in [1.807, 2.05) is 19.1 Å². The normalized spacial score (nSPS) is 10.6. The van der Waals surface area contributed by atoms with Crippen LogP contribution in [-0.2, 0) is 11.3 Å². The lowest BCUT2D eigenvalue weighted by Crippen LogP contribution is -2.14. The van der Waals surface area contributed by atoms with Crippen LogP contribution in [-0.4, -0.2) is 28.9 Å². The van der Waals surface area contributed by atoms with E-state index in [-0.39, 0.29) is 6.61 Å². The molecule has 0 unspecified atom stereocenters. The topological polar surface area (TPSA) is 81.9 Å².